The quantitative estimate of drug-likeness (QED) is 0.127. The van der Waals surface area contributed by atoms with Crippen LogP contribution >= 0.6 is 0 Å². The van der Waals surface area contributed by atoms with E-state index in [1.54, 1.807) is 24.3 Å². The minimum absolute atomic E-state index is 0.0565. The lowest BCUT2D eigenvalue weighted by molar-refractivity contribution is -0.123. The third-order valence-corrected chi connectivity index (χ3v) is 4.39. The number of benzene rings is 2. The first-order valence-electron chi connectivity index (χ1n) is 9.43. The number of ketones is 1. The second kappa shape index (κ2) is 11.9. The lowest BCUT2D eigenvalue weighted by Crippen LogP contribution is -2.39. The Morgan fingerprint density at radius 3 is 2.52 bits per heavy atom. The molecule has 3 N–H and O–H groups in total. The molecule has 0 aliphatic heterocycles. The lowest BCUT2D eigenvalue weighted by Gasteiger charge is -2.18. The zero-order valence-electron chi connectivity index (χ0n) is 16.5. The Labute approximate surface area is 175 Å². The summed E-state index contributed by atoms with van der Waals surface area (Å²) >= 11 is 0. The molecule has 0 aliphatic rings. The number of nitrogens with two attached hydrogens (primary N) is 1. The molecule has 0 bridgehead atoms. The van der Waals surface area contributed by atoms with Crippen LogP contribution in [0, 0.1) is 23.3 Å². The maximum atomic E-state index is 13.7. The number of azide groups is 1. The van der Waals surface area contributed by atoms with Gasteiger partial charge in [-0.1, -0.05) is 29.7 Å². The summed E-state index contributed by atoms with van der Waals surface area (Å²) in [5.74, 6) is -8.53. The third-order valence-electron chi connectivity index (χ3n) is 4.39. The van der Waals surface area contributed by atoms with Gasteiger partial charge in [0.15, 0.2) is 23.2 Å². The Hall–Kier alpha value is -3.14. The molecule has 0 fully saturated rings. The molecule has 0 spiro atoms. The van der Waals surface area contributed by atoms with Gasteiger partial charge in [0.05, 0.1) is 6.04 Å². The van der Waals surface area contributed by atoms with Gasteiger partial charge in [0.2, 0.25) is 11.6 Å². The first kappa shape index (κ1) is 24.1. The molecule has 166 valence electrons. The van der Waals surface area contributed by atoms with Crippen molar-refractivity contribution < 1.29 is 27.1 Å². The highest BCUT2D eigenvalue weighted by atomic mass is 19.2. The number of carbonyl (C=O) groups is 1. The fraction of sp³-hybridized carbons (Fsp3) is 0.350. The van der Waals surface area contributed by atoms with Crippen LogP contribution in [0.1, 0.15) is 24.8 Å². The molecule has 11 heteroatoms. The Morgan fingerprint density at radius 1 is 1.16 bits per heavy atom. The summed E-state index contributed by atoms with van der Waals surface area (Å²) in [5, 5.41) is 6.52. The predicted molar refractivity (Wildman–Crippen MR) is 106 cm³/mol. The van der Waals surface area contributed by atoms with E-state index in [4.69, 9.17) is 16.0 Å². The first-order valence-corrected chi connectivity index (χ1v) is 9.43. The van der Waals surface area contributed by atoms with Crippen LogP contribution in [0.15, 0.2) is 35.4 Å². The van der Waals surface area contributed by atoms with E-state index in [1.165, 1.54) is 0 Å². The Bertz CT molecular complexity index is 941. The summed E-state index contributed by atoms with van der Waals surface area (Å²) < 4.78 is 58.9. The topological polar surface area (TPSA) is 113 Å². The maximum Gasteiger partial charge on any atom is 0.203 e. The fourth-order valence-corrected chi connectivity index (χ4v) is 2.81. The fourth-order valence-electron chi connectivity index (χ4n) is 2.81. The predicted octanol–water partition coefficient (Wildman–Crippen LogP) is 4.42. The van der Waals surface area contributed by atoms with Crippen molar-refractivity contribution in [2.45, 2.75) is 31.8 Å². The summed E-state index contributed by atoms with van der Waals surface area (Å²) in [6.07, 6.45) is 1.60. The first-order chi connectivity index (χ1) is 14.9. The van der Waals surface area contributed by atoms with Gasteiger partial charge in [0, 0.05) is 23.2 Å². The molecule has 0 radical (unpaired) electrons. The van der Waals surface area contributed by atoms with E-state index >= 15 is 0 Å². The Kier molecular flexibility index (Phi) is 9.26. The molecule has 2 aromatic carbocycles. The van der Waals surface area contributed by atoms with Crippen LogP contribution in [0.2, 0.25) is 0 Å². The molecule has 2 rings (SSSR count). The molecule has 0 amide bonds. The van der Waals surface area contributed by atoms with Crippen LogP contribution in [0.4, 0.5) is 23.2 Å². The van der Waals surface area contributed by atoms with E-state index in [1.807, 2.05) is 0 Å². The van der Waals surface area contributed by atoms with E-state index in [2.05, 4.69) is 15.3 Å². The molecule has 0 aromatic heterocycles. The molecule has 0 unspecified atom stereocenters. The Morgan fingerprint density at radius 2 is 1.87 bits per heavy atom. The van der Waals surface area contributed by atoms with Gasteiger partial charge in [-0.05, 0) is 36.5 Å². The minimum Gasteiger partial charge on any atom is -0.479 e. The van der Waals surface area contributed by atoms with Gasteiger partial charge in [-0.15, -0.1) is 0 Å². The molecule has 31 heavy (non-hydrogen) atoms. The Balaban J connectivity index is 2.08. The van der Waals surface area contributed by atoms with Crippen LogP contribution in [0.5, 0.6) is 5.75 Å². The van der Waals surface area contributed by atoms with Gasteiger partial charge in [-0.25, -0.2) is 8.78 Å². The molecule has 2 aromatic rings. The van der Waals surface area contributed by atoms with E-state index in [-0.39, 0.29) is 12.6 Å². The van der Waals surface area contributed by atoms with Crippen LogP contribution in [-0.4, -0.2) is 25.0 Å². The summed E-state index contributed by atoms with van der Waals surface area (Å²) in [4.78, 5) is 15.3. The van der Waals surface area contributed by atoms with Gasteiger partial charge in [-0.2, -0.15) is 8.78 Å². The molecule has 0 saturated heterocycles. The van der Waals surface area contributed by atoms with Crippen molar-refractivity contribution in [1.29, 1.82) is 0 Å². The van der Waals surface area contributed by atoms with Gasteiger partial charge < -0.3 is 15.8 Å². The van der Waals surface area contributed by atoms with Crippen molar-refractivity contribution in [2.75, 3.05) is 13.2 Å². The third kappa shape index (κ3) is 6.95. The highest BCUT2D eigenvalue weighted by molar-refractivity contribution is 5.85. The highest BCUT2D eigenvalue weighted by Crippen LogP contribution is 2.26. The highest BCUT2D eigenvalue weighted by Gasteiger charge is 2.24. The standard InChI is InChI=1S/C20H21F4N5O2/c21-14-9-15(22)19(24)20(18(14)23)31-11-17(30)16(6-1-2-7-25)27-10-12-4-3-5-13(8-12)28-29-26/h3-5,8-9,16,27H,1-2,6-7,10-11,25H2/t16-/m0/s1. The summed E-state index contributed by atoms with van der Waals surface area (Å²) in [6, 6.07) is 5.97. The van der Waals surface area contributed by atoms with E-state index < -0.39 is 47.5 Å². The van der Waals surface area contributed by atoms with Crippen molar-refractivity contribution >= 4 is 11.5 Å². The van der Waals surface area contributed by atoms with Crippen LogP contribution in [0.3, 0.4) is 0 Å². The molecule has 7 nitrogen and oxygen atoms in total. The molecule has 0 saturated carbocycles. The van der Waals surface area contributed by atoms with Crippen molar-refractivity contribution in [3.05, 3.63) is 69.6 Å². The zero-order valence-corrected chi connectivity index (χ0v) is 16.5. The van der Waals surface area contributed by atoms with Gasteiger partial charge in [0.1, 0.15) is 6.61 Å². The van der Waals surface area contributed by atoms with Crippen LogP contribution in [0.25, 0.3) is 10.4 Å². The number of rotatable bonds is 12. The second-order valence-electron chi connectivity index (χ2n) is 6.63. The summed E-state index contributed by atoms with van der Waals surface area (Å²) in [7, 11) is 0. The van der Waals surface area contributed by atoms with E-state index in [9.17, 15) is 22.4 Å². The van der Waals surface area contributed by atoms with Crippen LogP contribution in [-0.2, 0) is 11.3 Å². The number of halogens is 4. The van der Waals surface area contributed by atoms with E-state index in [0.29, 0.717) is 31.5 Å². The van der Waals surface area contributed by atoms with Crippen molar-refractivity contribution in [2.24, 2.45) is 10.8 Å². The van der Waals surface area contributed by atoms with Gasteiger partial charge >= 0.3 is 0 Å². The lowest BCUT2D eigenvalue weighted by atomic mass is 10.0. The van der Waals surface area contributed by atoms with Crippen molar-refractivity contribution in [3.63, 3.8) is 0 Å². The van der Waals surface area contributed by atoms with Crippen LogP contribution < -0.4 is 15.8 Å². The molecular weight excluding hydrogens is 418 g/mol. The monoisotopic (exact) mass is 439 g/mol. The maximum absolute atomic E-state index is 13.7. The number of unbranched alkanes of at least 4 members (excludes halogenated alkanes) is 1. The zero-order chi connectivity index (χ0) is 22.8. The number of hydrogen-bond acceptors (Lipinski definition) is 5. The average molecular weight is 439 g/mol. The SMILES string of the molecule is [N-]=[N+]=Nc1cccc(CN[C@@H](CCCCN)C(=O)COc2c(F)c(F)cc(F)c2F)c1. The largest absolute Gasteiger partial charge is 0.479 e. The smallest absolute Gasteiger partial charge is 0.203 e. The number of nitrogens with one attached hydrogen (secondary N) is 1. The van der Waals surface area contributed by atoms with Gasteiger partial charge in [-0.3, -0.25) is 4.79 Å². The average Bonchev–Trinajstić information content (AvgIpc) is 2.75. The van der Waals surface area contributed by atoms with E-state index in [0.717, 1.165) is 5.56 Å². The molecular formula is C20H21F4N5O2. The molecule has 0 aliphatic carbocycles. The minimum atomic E-state index is -1.71. The van der Waals surface area contributed by atoms with Crippen molar-refractivity contribution in [1.82, 2.24) is 5.32 Å². The van der Waals surface area contributed by atoms with Crippen molar-refractivity contribution in [3.8, 4) is 5.75 Å². The number of nitrogens with zero attached hydrogens (tertiary/aromatic N) is 3. The number of carbonyl (C=O) groups excluding carboxylic acids is 1. The summed E-state index contributed by atoms with van der Waals surface area (Å²) in [5.41, 5.74) is 15.1. The summed E-state index contributed by atoms with van der Waals surface area (Å²) in [6.45, 7) is -0.147. The molecule has 1 atom stereocenters. The second-order valence-corrected chi connectivity index (χ2v) is 6.63. The van der Waals surface area contributed by atoms with Gasteiger partial charge in [0.25, 0.3) is 0 Å². The normalized spacial score (nSPS) is 11.6. The number of Topliss-reactive ketones (excluding diaryl/α,β-unsaturated/α-hetero) is 1. The number of ether oxygens (including phenoxy) is 1. The molecule has 0 heterocycles. The number of hydrogen-bond donors (Lipinski definition) is 2.